The summed E-state index contributed by atoms with van der Waals surface area (Å²) in [7, 11) is 1.87. The van der Waals surface area contributed by atoms with Crippen LogP contribution in [-0.2, 0) is 0 Å². The van der Waals surface area contributed by atoms with Crippen LogP contribution < -0.4 is 10.6 Å². The lowest BCUT2D eigenvalue weighted by Crippen LogP contribution is -2.23. The number of nitrogens with zero attached hydrogens (tertiary/aromatic N) is 1. The third-order valence-electron chi connectivity index (χ3n) is 3.39. The highest BCUT2D eigenvalue weighted by Crippen LogP contribution is 2.24. The second-order valence-electron chi connectivity index (χ2n) is 4.71. The van der Waals surface area contributed by atoms with Crippen molar-refractivity contribution < 1.29 is 5.11 Å². The Morgan fingerprint density at radius 3 is 2.65 bits per heavy atom. The average Bonchev–Trinajstić information content (AvgIpc) is 2.38. The molecule has 94 valence electrons. The summed E-state index contributed by atoms with van der Waals surface area (Å²) in [5, 5.41) is 15.8. The number of rotatable bonds is 4. The van der Waals surface area contributed by atoms with Crippen molar-refractivity contribution in [3.8, 4) is 0 Å². The van der Waals surface area contributed by atoms with Crippen molar-refractivity contribution in [3.63, 3.8) is 0 Å². The molecular weight excluding hydrogens is 214 g/mol. The number of hydrogen-bond acceptors (Lipinski definition) is 4. The second kappa shape index (κ2) is 5.87. The van der Waals surface area contributed by atoms with Gasteiger partial charge in [-0.15, -0.1) is 0 Å². The van der Waals surface area contributed by atoms with E-state index in [1.807, 2.05) is 25.2 Å². The van der Waals surface area contributed by atoms with Gasteiger partial charge < -0.3 is 15.7 Å². The fourth-order valence-corrected chi connectivity index (χ4v) is 2.27. The van der Waals surface area contributed by atoms with Gasteiger partial charge in [0.15, 0.2) is 0 Å². The lowest BCUT2D eigenvalue weighted by molar-refractivity contribution is 0.111. The number of pyridine rings is 1. The van der Waals surface area contributed by atoms with Gasteiger partial charge in [0, 0.05) is 13.6 Å². The zero-order valence-electron chi connectivity index (χ0n) is 10.3. The van der Waals surface area contributed by atoms with E-state index in [0.29, 0.717) is 5.92 Å². The molecule has 4 nitrogen and oxygen atoms in total. The quantitative estimate of drug-likeness (QED) is 0.748. The minimum absolute atomic E-state index is 0.0722. The van der Waals surface area contributed by atoms with Gasteiger partial charge in [0.2, 0.25) is 0 Å². The van der Waals surface area contributed by atoms with Gasteiger partial charge in [0.25, 0.3) is 0 Å². The molecule has 0 spiro atoms. The Hall–Kier alpha value is -1.29. The predicted octanol–water partition coefficient (Wildman–Crippen LogP) is 2.09. The van der Waals surface area contributed by atoms with Gasteiger partial charge in [0.05, 0.1) is 6.10 Å². The third-order valence-corrected chi connectivity index (χ3v) is 3.39. The molecule has 4 heteroatoms. The molecule has 1 aliphatic rings. The van der Waals surface area contributed by atoms with Gasteiger partial charge >= 0.3 is 0 Å². The predicted molar refractivity (Wildman–Crippen MR) is 70.2 cm³/mol. The van der Waals surface area contributed by atoms with Crippen molar-refractivity contribution in [3.05, 3.63) is 18.2 Å². The van der Waals surface area contributed by atoms with Crippen LogP contribution in [0.4, 0.5) is 11.6 Å². The molecule has 3 N–H and O–H groups in total. The summed E-state index contributed by atoms with van der Waals surface area (Å²) in [6, 6.07) is 5.92. The number of aliphatic hydroxyl groups excluding tert-OH is 1. The molecule has 1 saturated carbocycles. The van der Waals surface area contributed by atoms with E-state index in [-0.39, 0.29) is 6.10 Å². The zero-order chi connectivity index (χ0) is 12.1. The summed E-state index contributed by atoms with van der Waals surface area (Å²) in [5.74, 6) is 2.47. The molecule has 0 saturated heterocycles. The summed E-state index contributed by atoms with van der Waals surface area (Å²) >= 11 is 0. The summed E-state index contributed by atoms with van der Waals surface area (Å²) in [6.07, 6.45) is 4.03. The van der Waals surface area contributed by atoms with E-state index in [9.17, 15) is 5.11 Å². The second-order valence-corrected chi connectivity index (χ2v) is 4.71. The first-order valence-corrected chi connectivity index (χ1v) is 6.34. The van der Waals surface area contributed by atoms with E-state index in [0.717, 1.165) is 43.9 Å². The maximum atomic E-state index is 9.44. The number of aliphatic hydroxyl groups is 1. The first kappa shape index (κ1) is 12.2. The molecule has 1 aromatic heterocycles. The summed E-state index contributed by atoms with van der Waals surface area (Å²) in [5.41, 5.74) is 0. The molecule has 0 radical (unpaired) electrons. The third kappa shape index (κ3) is 3.60. The molecule has 2 rings (SSSR count). The number of aromatic nitrogens is 1. The highest BCUT2D eigenvalue weighted by atomic mass is 16.3. The van der Waals surface area contributed by atoms with Crippen LogP contribution in [0.2, 0.25) is 0 Å². The van der Waals surface area contributed by atoms with Crippen molar-refractivity contribution >= 4 is 11.6 Å². The lowest BCUT2D eigenvalue weighted by atomic mass is 9.87. The van der Waals surface area contributed by atoms with E-state index in [1.54, 1.807) is 0 Å². The smallest absolute Gasteiger partial charge is 0.128 e. The van der Waals surface area contributed by atoms with E-state index >= 15 is 0 Å². The largest absolute Gasteiger partial charge is 0.393 e. The first-order chi connectivity index (χ1) is 8.28. The first-order valence-electron chi connectivity index (χ1n) is 6.34. The minimum atomic E-state index is -0.0722. The zero-order valence-corrected chi connectivity index (χ0v) is 10.3. The van der Waals surface area contributed by atoms with Crippen LogP contribution in [0.5, 0.6) is 0 Å². The molecular formula is C13H21N3O. The van der Waals surface area contributed by atoms with E-state index in [4.69, 9.17) is 0 Å². The minimum Gasteiger partial charge on any atom is -0.393 e. The van der Waals surface area contributed by atoms with Gasteiger partial charge in [-0.3, -0.25) is 0 Å². The van der Waals surface area contributed by atoms with Crippen LogP contribution >= 0.6 is 0 Å². The van der Waals surface area contributed by atoms with Crippen LogP contribution in [0.25, 0.3) is 0 Å². The molecule has 0 unspecified atom stereocenters. The fraction of sp³-hybridized carbons (Fsp3) is 0.615. The molecule has 0 aromatic carbocycles. The molecule has 0 aliphatic heterocycles. The highest BCUT2D eigenvalue weighted by molar-refractivity contribution is 5.44. The summed E-state index contributed by atoms with van der Waals surface area (Å²) in [6.45, 7) is 0.951. The van der Waals surface area contributed by atoms with Gasteiger partial charge in [0.1, 0.15) is 11.6 Å². The molecule has 0 amide bonds. The van der Waals surface area contributed by atoms with Gasteiger partial charge in [-0.1, -0.05) is 6.07 Å². The van der Waals surface area contributed by atoms with Crippen molar-refractivity contribution in [1.29, 1.82) is 0 Å². The van der Waals surface area contributed by atoms with Gasteiger partial charge in [-0.25, -0.2) is 4.98 Å². The molecule has 1 heterocycles. The molecule has 1 aliphatic carbocycles. The topological polar surface area (TPSA) is 57.2 Å². The van der Waals surface area contributed by atoms with Crippen LogP contribution in [0.15, 0.2) is 18.2 Å². The Kier molecular flexibility index (Phi) is 4.20. The Bertz CT molecular complexity index is 348. The maximum Gasteiger partial charge on any atom is 0.128 e. The van der Waals surface area contributed by atoms with Gasteiger partial charge in [-0.2, -0.15) is 0 Å². The van der Waals surface area contributed by atoms with E-state index in [2.05, 4.69) is 15.6 Å². The summed E-state index contributed by atoms with van der Waals surface area (Å²) in [4.78, 5) is 4.42. The van der Waals surface area contributed by atoms with Crippen LogP contribution in [-0.4, -0.2) is 29.8 Å². The van der Waals surface area contributed by atoms with Crippen LogP contribution in [0.1, 0.15) is 25.7 Å². The molecule has 1 aromatic rings. The Balaban J connectivity index is 1.81. The van der Waals surface area contributed by atoms with E-state index < -0.39 is 0 Å². The van der Waals surface area contributed by atoms with Crippen LogP contribution in [0.3, 0.4) is 0 Å². The van der Waals surface area contributed by atoms with Crippen molar-refractivity contribution in [2.75, 3.05) is 24.2 Å². The van der Waals surface area contributed by atoms with Gasteiger partial charge in [-0.05, 0) is 43.7 Å². The van der Waals surface area contributed by atoms with Crippen molar-refractivity contribution in [2.45, 2.75) is 31.8 Å². The van der Waals surface area contributed by atoms with Crippen LogP contribution in [0, 0.1) is 5.92 Å². The monoisotopic (exact) mass is 235 g/mol. The standard InChI is InChI=1S/C13H21N3O/c1-14-12-3-2-4-13(16-12)15-9-10-5-7-11(17)8-6-10/h2-4,10-11,17H,5-9H2,1H3,(H2,14,15,16). The SMILES string of the molecule is CNc1cccc(NCC2CCC(O)CC2)n1. The highest BCUT2D eigenvalue weighted by Gasteiger charge is 2.18. The summed E-state index contributed by atoms with van der Waals surface area (Å²) < 4.78 is 0. The number of hydrogen-bond donors (Lipinski definition) is 3. The molecule has 0 atom stereocenters. The average molecular weight is 235 g/mol. The van der Waals surface area contributed by atoms with E-state index in [1.165, 1.54) is 0 Å². The molecule has 17 heavy (non-hydrogen) atoms. The number of nitrogens with one attached hydrogen (secondary N) is 2. The maximum absolute atomic E-state index is 9.44. The Labute approximate surface area is 102 Å². The van der Waals surface area contributed by atoms with Crippen molar-refractivity contribution in [2.24, 2.45) is 5.92 Å². The molecule has 0 bridgehead atoms. The lowest BCUT2D eigenvalue weighted by Gasteiger charge is -2.25. The van der Waals surface area contributed by atoms with Crippen molar-refractivity contribution in [1.82, 2.24) is 4.98 Å². The Morgan fingerprint density at radius 2 is 1.94 bits per heavy atom. The molecule has 1 fully saturated rings. The number of anilines is 2. The fourth-order valence-electron chi connectivity index (χ4n) is 2.27. The normalized spacial score (nSPS) is 24.4. The Morgan fingerprint density at radius 1 is 1.24 bits per heavy atom.